The van der Waals surface area contributed by atoms with Gasteiger partial charge in [-0.2, -0.15) is 0 Å². The third-order valence-electron chi connectivity index (χ3n) is 7.85. The van der Waals surface area contributed by atoms with Crippen molar-refractivity contribution < 1.29 is 48.1 Å². The SMILES string of the molecule is CCC1=C[C@@H](CC)N(C(=O)OC(C)(C)C)CC1=O.CC[C@@H]1C=C(CO)C(=O)CN1C(=O)OC(C)(C)C.CC[C@@H]1C=CC(=O)CN1C(=O)OC(C)(C)C. The number of amides is 3. The summed E-state index contributed by atoms with van der Waals surface area (Å²) in [7, 11) is 0. The van der Waals surface area contributed by atoms with Crippen molar-refractivity contribution in [1.29, 1.82) is 0 Å². The molecule has 0 fully saturated rings. The van der Waals surface area contributed by atoms with Crippen LogP contribution in [0.3, 0.4) is 0 Å². The minimum atomic E-state index is -0.584. The molecule has 0 aliphatic carbocycles. The van der Waals surface area contributed by atoms with Crippen molar-refractivity contribution in [3.05, 3.63) is 35.5 Å². The van der Waals surface area contributed by atoms with Gasteiger partial charge >= 0.3 is 18.3 Å². The second kappa shape index (κ2) is 19.7. The zero-order valence-electron chi connectivity index (χ0n) is 33.7. The highest BCUT2D eigenvalue weighted by Gasteiger charge is 2.34. The van der Waals surface area contributed by atoms with Gasteiger partial charge in [-0.3, -0.25) is 29.1 Å². The Labute approximate surface area is 310 Å². The Balaban J connectivity index is 0.000000391. The average molecular weight is 734 g/mol. The minimum Gasteiger partial charge on any atom is -0.444 e. The summed E-state index contributed by atoms with van der Waals surface area (Å²) in [6.07, 6.45) is 8.49. The highest BCUT2D eigenvalue weighted by atomic mass is 16.6. The normalized spacial score (nSPS) is 20.8. The molecule has 3 atom stereocenters. The second-order valence-electron chi connectivity index (χ2n) is 15.8. The highest BCUT2D eigenvalue weighted by Crippen LogP contribution is 2.22. The molecule has 0 saturated heterocycles. The fourth-order valence-electron chi connectivity index (χ4n) is 5.29. The van der Waals surface area contributed by atoms with Crippen molar-refractivity contribution in [2.75, 3.05) is 26.2 Å². The van der Waals surface area contributed by atoms with Crippen molar-refractivity contribution in [3.63, 3.8) is 0 Å². The van der Waals surface area contributed by atoms with E-state index >= 15 is 0 Å². The largest absolute Gasteiger partial charge is 0.444 e. The summed E-state index contributed by atoms with van der Waals surface area (Å²) in [6, 6.07) is -0.264. The van der Waals surface area contributed by atoms with Gasteiger partial charge in [0.1, 0.15) is 16.8 Å². The smallest absolute Gasteiger partial charge is 0.411 e. The number of aliphatic hydroxyl groups excluding tert-OH is 1. The van der Waals surface area contributed by atoms with E-state index in [1.54, 1.807) is 32.9 Å². The molecule has 0 bridgehead atoms. The van der Waals surface area contributed by atoms with Crippen molar-refractivity contribution in [2.45, 2.75) is 151 Å². The van der Waals surface area contributed by atoms with E-state index in [2.05, 4.69) is 0 Å². The number of rotatable bonds is 5. The lowest BCUT2D eigenvalue weighted by molar-refractivity contribution is -0.118. The Morgan fingerprint density at radius 1 is 0.615 bits per heavy atom. The van der Waals surface area contributed by atoms with E-state index < -0.39 is 35.1 Å². The van der Waals surface area contributed by atoms with Crippen molar-refractivity contribution in [3.8, 4) is 0 Å². The monoisotopic (exact) mass is 733 g/mol. The first kappa shape index (κ1) is 46.0. The number of carbonyl (C=O) groups excluding carboxylic acids is 6. The first-order valence-electron chi connectivity index (χ1n) is 18.2. The summed E-state index contributed by atoms with van der Waals surface area (Å²) in [5.74, 6) is -0.267. The van der Waals surface area contributed by atoms with Gasteiger partial charge in [0.05, 0.1) is 44.4 Å². The molecule has 52 heavy (non-hydrogen) atoms. The molecule has 0 radical (unpaired) electrons. The second-order valence-corrected chi connectivity index (χ2v) is 15.8. The first-order valence-corrected chi connectivity index (χ1v) is 18.2. The summed E-state index contributed by atoms with van der Waals surface area (Å²) in [5, 5.41) is 9.06. The Morgan fingerprint density at radius 2 is 0.962 bits per heavy atom. The van der Waals surface area contributed by atoms with Crippen LogP contribution in [0.2, 0.25) is 0 Å². The van der Waals surface area contributed by atoms with Crippen LogP contribution in [-0.2, 0) is 28.6 Å². The molecule has 0 aromatic rings. The molecule has 3 heterocycles. The van der Waals surface area contributed by atoms with Crippen LogP contribution >= 0.6 is 0 Å². The van der Waals surface area contributed by atoms with Gasteiger partial charge in [-0.1, -0.05) is 45.9 Å². The number of ether oxygens (including phenoxy) is 3. The Bertz CT molecular complexity index is 1310. The van der Waals surface area contributed by atoms with Gasteiger partial charge in [0.15, 0.2) is 17.3 Å². The molecule has 3 aliphatic rings. The molecule has 3 aliphatic heterocycles. The molecule has 0 aromatic carbocycles. The molecule has 3 amide bonds. The maximum Gasteiger partial charge on any atom is 0.411 e. The molecule has 1 N–H and O–H groups in total. The fraction of sp³-hybridized carbons (Fsp3) is 0.692. The van der Waals surface area contributed by atoms with Crippen molar-refractivity contribution >= 4 is 35.6 Å². The minimum absolute atomic E-state index is 0.0214. The summed E-state index contributed by atoms with van der Waals surface area (Å²) in [6.45, 7) is 24.1. The highest BCUT2D eigenvalue weighted by molar-refractivity contribution is 6.00. The number of nitrogens with zero attached hydrogens (tertiary/aromatic N) is 3. The molecule has 3 rings (SSSR count). The number of aliphatic hydroxyl groups is 1. The van der Waals surface area contributed by atoms with Gasteiger partial charge in [-0.15, -0.1) is 0 Å². The zero-order valence-corrected chi connectivity index (χ0v) is 33.7. The predicted molar refractivity (Wildman–Crippen MR) is 199 cm³/mol. The molecule has 0 saturated carbocycles. The molecule has 294 valence electrons. The summed E-state index contributed by atoms with van der Waals surface area (Å²) in [4.78, 5) is 75.1. The predicted octanol–water partition coefficient (Wildman–Crippen LogP) is 6.57. The maximum atomic E-state index is 12.0. The van der Waals surface area contributed by atoms with Gasteiger partial charge in [-0.25, -0.2) is 14.4 Å². The van der Waals surface area contributed by atoms with Gasteiger partial charge in [-0.05, 0) is 99.6 Å². The number of hydrogen-bond acceptors (Lipinski definition) is 10. The molecule has 0 spiro atoms. The van der Waals surface area contributed by atoms with Crippen LogP contribution in [0.15, 0.2) is 35.5 Å². The zero-order chi connectivity index (χ0) is 40.2. The molecule has 13 nitrogen and oxygen atoms in total. The topological polar surface area (TPSA) is 160 Å². The van der Waals surface area contributed by atoms with E-state index in [0.29, 0.717) is 12.0 Å². The van der Waals surface area contributed by atoms with Crippen LogP contribution in [-0.4, -0.2) is 117 Å². The summed E-state index contributed by atoms with van der Waals surface area (Å²) < 4.78 is 15.9. The van der Waals surface area contributed by atoms with Crippen LogP contribution in [0.5, 0.6) is 0 Å². The van der Waals surface area contributed by atoms with E-state index in [4.69, 9.17) is 19.3 Å². The lowest BCUT2D eigenvalue weighted by Gasteiger charge is -2.34. The Hall–Kier alpha value is -4.00. The number of carbonyl (C=O) groups is 6. The maximum absolute atomic E-state index is 12.0. The van der Waals surface area contributed by atoms with Crippen LogP contribution in [0.4, 0.5) is 14.4 Å². The van der Waals surface area contributed by atoms with E-state index in [1.165, 1.54) is 20.8 Å². The standard InChI is InChI=1S/C14H23NO3.C13H21NO4.C12H19NO3/c1-6-10-8-11(7-2)15(9-12(10)16)13(17)18-14(3,4)5;1-5-10-6-9(8-15)11(16)7-14(10)12(17)18-13(2,3)4;1-5-9-6-7-10(14)8-13(9)11(15)16-12(2,3)4/h8,11H,6-7,9H2,1-5H3;6,10,15H,5,7-8H2,1-4H3;6-7,9H,5,8H2,1-4H3/t11-;10-;9-/m111/s1. The lowest BCUT2D eigenvalue weighted by Crippen LogP contribution is -2.48. The van der Waals surface area contributed by atoms with Gasteiger partial charge < -0.3 is 19.3 Å². The van der Waals surface area contributed by atoms with E-state index in [-0.39, 0.29) is 61.7 Å². The van der Waals surface area contributed by atoms with E-state index in [1.807, 2.05) is 75.3 Å². The lowest BCUT2D eigenvalue weighted by atomic mass is 9.98. The van der Waals surface area contributed by atoms with Crippen LogP contribution in [0, 0.1) is 0 Å². The summed E-state index contributed by atoms with van der Waals surface area (Å²) in [5.41, 5.74) is -0.449. The van der Waals surface area contributed by atoms with Crippen LogP contribution in [0.1, 0.15) is 116 Å². The molecular weight excluding hydrogens is 670 g/mol. The quantitative estimate of drug-likeness (QED) is 0.306. The van der Waals surface area contributed by atoms with E-state index in [9.17, 15) is 28.8 Å². The van der Waals surface area contributed by atoms with Crippen LogP contribution < -0.4 is 0 Å². The Kier molecular flexibility index (Phi) is 17.5. The number of ketones is 3. The van der Waals surface area contributed by atoms with Gasteiger partial charge in [0, 0.05) is 5.57 Å². The third kappa shape index (κ3) is 15.3. The van der Waals surface area contributed by atoms with E-state index in [0.717, 1.165) is 24.8 Å². The number of Topliss-reactive ketones (excluding diaryl/α,β-unsaturated/α-hetero) is 2. The van der Waals surface area contributed by atoms with Crippen molar-refractivity contribution in [2.24, 2.45) is 0 Å². The molecule has 13 heteroatoms. The average Bonchev–Trinajstić information content (AvgIpc) is 3.02. The third-order valence-corrected chi connectivity index (χ3v) is 7.85. The summed E-state index contributed by atoms with van der Waals surface area (Å²) >= 11 is 0. The molecular formula is C39H63N3O10. The number of hydrogen-bond donors (Lipinski definition) is 1. The van der Waals surface area contributed by atoms with Crippen molar-refractivity contribution in [1.82, 2.24) is 14.7 Å². The fourth-order valence-corrected chi connectivity index (χ4v) is 5.29. The molecule has 0 aromatic heterocycles. The van der Waals surface area contributed by atoms with Crippen LogP contribution in [0.25, 0.3) is 0 Å². The Morgan fingerprint density at radius 3 is 1.29 bits per heavy atom. The first-order chi connectivity index (χ1) is 23.9. The van der Waals surface area contributed by atoms with Gasteiger partial charge in [0.2, 0.25) is 0 Å². The van der Waals surface area contributed by atoms with Gasteiger partial charge in [0.25, 0.3) is 0 Å². The molecule has 0 unspecified atom stereocenters.